The van der Waals surface area contributed by atoms with Crippen LogP contribution in [0.25, 0.3) is 10.9 Å². The number of carboxylic acid groups (broad SMARTS) is 2. The van der Waals surface area contributed by atoms with E-state index in [0.717, 1.165) is 5.56 Å². The fourth-order valence-corrected chi connectivity index (χ4v) is 5.33. The summed E-state index contributed by atoms with van der Waals surface area (Å²) in [6.45, 7) is 7.30. The van der Waals surface area contributed by atoms with Gasteiger partial charge in [-0.3, -0.25) is 24.1 Å². The van der Waals surface area contributed by atoms with Crippen LogP contribution in [0, 0.1) is 0 Å². The summed E-state index contributed by atoms with van der Waals surface area (Å²) in [5.74, 6) is -2.79. The Hall–Kier alpha value is -5.24. The summed E-state index contributed by atoms with van der Waals surface area (Å²) in [5.41, 5.74) is 1.48. The van der Waals surface area contributed by atoms with Crippen molar-refractivity contribution in [2.45, 2.75) is 52.2 Å². The van der Waals surface area contributed by atoms with Crippen LogP contribution in [-0.4, -0.2) is 111 Å². The van der Waals surface area contributed by atoms with Crippen molar-refractivity contribution >= 4 is 40.7 Å². The Morgan fingerprint density at radius 1 is 0.958 bits per heavy atom. The molecular formula is C34H41N5O9. The van der Waals surface area contributed by atoms with E-state index in [9.17, 15) is 34.2 Å². The number of likely N-dealkylation sites (N-methyl/N-ethyl adjacent to an activating group) is 1. The van der Waals surface area contributed by atoms with E-state index in [1.807, 2.05) is 11.8 Å². The van der Waals surface area contributed by atoms with Gasteiger partial charge in [0.2, 0.25) is 11.8 Å². The number of aliphatic carboxylic acids is 2. The van der Waals surface area contributed by atoms with Crippen molar-refractivity contribution < 1.29 is 43.7 Å². The second-order valence-corrected chi connectivity index (χ2v) is 11.3. The molecule has 2 unspecified atom stereocenters. The smallest absolute Gasteiger partial charge is 0.409 e. The van der Waals surface area contributed by atoms with Gasteiger partial charge in [0, 0.05) is 44.5 Å². The van der Waals surface area contributed by atoms with E-state index >= 15 is 0 Å². The third-order valence-corrected chi connectivity index (χ3v) is 8.14. The summed E-state index contributed by atoms with van der Waals surface area (Å²) in [5, 5.41) is 22.1. The van der Waals surface area contributed by atoms with Gasteiger partial charge in [0.05, 0.1) is 12.1 Å². The number of carboxylic acids is 2. The van der Waals surface area contributed by atoms with Gasteiger partial charge < -0.3 is 34.8 Å². The number of amides is 3. The minimum absolute atomic E-state index is 0.0129. The number of carbonyl (C=O) groups is 5. The maximum atomic E-state index is 13.8. The van der Waals surface area contributed by atoms with Crippen molar-refractivity contribution in [2.75, 3.05) is 39.3 Å². The minimum Gasteiger partial charge on any atom is -0.481 e. The van der Waals surface area contributed by atoms with Crippen LogP contribution in [0.4, 0.5) is 4.79 Å². The second-order valence-electron chi connectivity index (χ2n) is 11.3. The first-order valence-electron chi connectivity index (χ1n) is 15.9. The van der Waals surface area contributed by atoms with Crippen molar-refractivity contribution in [3.8, 4) is 11.6 Å². The number of benzene rings is 2. The third-order valence-electron chi connectivity index (χ3n) is 8.14. The summed E-state index contributed by atoms with van der Waals surface area (Å²) in [7, 11) is 0. The van der Waals surface area contributed by atoms with Gasteiger partial charge in [-0.25, -0.2) is 9.78 Å². The van der Waals surface area contributed by atoms with Crippen molar-refractivity contribution in [3.63, 3.8) is 0 Å². The lowest BCUT2D eigenvalue weighted by atomic mass is 10.1. The number of nitrogens with zero attached hydrogens (tertiary/aromatic N) is 4. The third kappa shape index (κ3) is 9.18. The molecule has 14 heteroatoms. The Kier molecular flexibility index (Phi) is 12.3. The number of para-hydroxylation sites is 1. The molecule has 0 bridgehead atoms. The number of hydrogen-bond acceptors (Lipinski definition) is 9. The van der Waals surface area contributed by atoms with Crippen LogP contribution in [0.3, 0.4) is 0 Å². The van der Waals surface area contributed by atoms with Crippen LogP contribution in [0.2, 0.25) is 0 Å². The van der Waals surface area contributed by atoms with Crippen LogP contribution in [-0.2, 0) is 25.7 Å². The number of pyridine rings is 1. The normalized spacial score (nSPS) is 14.3. The maximum absolute atomic E-state index is 13.8. The molecule has 3 aromatic rings. The van der Waals surface area contributed by atoms with E-state index in [2.05, 4.69) is 10.3 Å². The van der Waals surface area contributed by atoms with Crippen LogP contribution >= 0.6 is 0 Å². The van der Waals surface area contributed by atoms with E-state index in [1.54, 1.807) is 68.4 Å². The highest BCUT2D eigenvalue weighted by molar-refractivity contribution is 6.02. The highest BCUT2D eigenvalue weighted by atomic mass is 16.6. The molecule has 0 aliphatic carbocycles. The molecule has 1 aliphatic heterocycles. The summed E-state index contributed by atoms with van der Waals surface area (Å²) in [6, 6.07) is 13.9. The average molecular weight is 664 g/mol. The summed E-state index contributed by atoms with van der Waals surface area (Å²) >= 11 is 0. The zero-order chi connectivity index (χ0) is 34.8. The van der Waals surface area contributed by atoms with Crippen molar-refractivity contribution in [2.24, 2.45) is 0 Å². The van der Waals surface area contributed by atoms with E-state index in [-0.39, 0.29) is 57.1 Å². The molecule has 3 amide bonds. The molecule has 0 saturated carbocycles. The molecule has 3 N–H and O–H groups in total. The molecule has 2 heterocycles. The molecule has 1 aromatic heterocycles. The van der Waals surface area contributed by atoms with Gasteiger partial charge in [0.15, 0.2) is 0 Å². The molecule has 4 rings (SSSR count). The van der Waals surface area contributed by atoms with E-state index in [1.165, 1.54) is 9.80 Å². The van der Waals surface area contributed by atoms with Gasteiger partial charge in [-0.2, -0.15) is 0 Å². The van der Waals surface area contributed by atoms with Gasteiger partial charge in [0.25, 0.3) is 5.91 Å². The highest BCUT2D eigenvalue weighted by Gasteiger charge is 2.32. The molecule has 0 radical (unpaired) electrons. The second kappa shape index (κ2) is 16.5. The van der Waals surface area contributed by atoms with Crippen molar-refractivity contribution in [1.82, 2.24) is 25.0 Å². The standard InChI is InChI=1S/C34H41N5O9/c1-4-37(22(3)33(44)45)21-23-10-12-25(13-11-23)48-31-26(20-24-8-6-7-9-27(24)36-31)30(42)35-28(14-15-29(40)41)32(43)38-16-18-39(19-17-38)34(46)47-5-2/h6-13,20,22,28H,4-5,14-19,21H2,1-3H3,(H,35,42)(H,40,41)(H,44,45). The highest BCUT2D eigenvalue weighted by Crippen LogP contribution is 2.28. The number of hydrogen-bond donors (Lipinski definition) is 3. The number of piperazine rings is 1. The summed E-state index contributed by atoms with van der Waals surface area (Å²) in [4.78, 5) is 71.8. The van der Waals surface area contributed by atoms with Gasteiger partial charge in [-0.1, -0.05) is 37.3 Å². The first kappa shape index (κ1) is 35.6. The van der Waals surface area contributed by atoms with Crippen LogP contribution in [0.15, 0.2) is 54.6 Å². The predicted molar refractivity (Wildman–Crippen MR) is 175 cm³/mol. The van der Waals surface area contributed by atoms with Crippen LogP contribution in [0.5, 0.6) is 11.6 Å². The minimum atomic E-state index is -1.16. The largest absolute Gasteiger partial charge is 0.481 e. The van der Waals surface area contributed by atoms with Crippen molar-refractivity contribution in [1.29, 1.82) is 0 Å². The Morgan fingerprint density at radius 3 is 2.25 bits per heavy atom. The van der Waals surface area contributed by atoms with Gasteiger partial charge in [-0.15, -0.1) is 0 Å². The van der Waals surface area contributed by atoms with Gasteiger partial charge in [-0.05, 0) is 56.6 Å². The molecular weight excluding hydrogens is 622 g/mol. The number of fused-ring (bicyclic) bond motifs is 1. The molecule has 2 atom stereocenters. The molecule has 14 nitrogen and oxygen atoms in total. The monoisotopic (exact) mass is 663 g/mol. The van der Waals surface area contributed by atoms with Crippen LogP contribution < -0.4 is 10.1 Å². The summed E-state index contributed by atoms with van der Waals surface area (Å²) in [6.07, 6.45) is -0.973. The number of nitrogens with one attached hydrogen (secondary N) is 1. The van der Waals surface area contributed by atoms with E-state index in [0.29, 0.717) is 29.7 Å². The first-order chi connectivity index (χ1) is 23.0. The Morgan fingerprint density at radius 2 is 1.62 bits per heavy atom. The summed E-state index contributed by atoms with van der Waals surface area (Å²) < 4.78 is 11.1. The molecule has 1 saturated heterocycles. The van der Waals surface area contributed by atoms with Gasteiger partial charge >= 0.3 is 18.0 Å². The number of carbonyl (C=O) groups excluding carboxylic acids is 3. The van der Waals surface area contributed by atoms with Gasteiger partial charge in [0.1, 0.15) is 23.4 Å². The lowest BCUT2D eigenvalue weighted by molar-refractivity contribution is -0.143. The van der Waals surface area contributed by atoms with Crippen molar-refractivity contribution in [3.05, 3.63) is 65.7 Å². The molecule has 256 valence electrons. The lowest BCUT2D eigenvalue weighted by Crippen LogP contribution is -2.56. The fraction of sp³-hybridized carbons (Fsp3) is 0.412. The van der Waals surface area contributed by atoms with E-state index in [4.69, 9.17) is 9.47 Å². The maximum Gasteiger partial charge on any atom is 0.409 e. The number of rotatable bonds is 14. The van der Waals surface area contributed by atoms with Crippen LogP contribution in [0.1, 0.15) is 49.5 Å². The Labute approximate surface area is 278 Å². The predicted octanol–water partition coefficient (Wildman–Crippen LogP) is 3.59. The molecule has 2 aromatic carbocycles. The fourth-order valence-electron chi connectivity index (χ4n) is 5.33. The molecule has 1 fully saturated rings. The average Bonchev–Trinajstić information content (AvgIpc) is 3.08. The zero-order valence-electron chi connectivity index (χ0n) is 27.3. The number of aromatic nitrogens is 1. The first-order valence-corrected chi connectivity index (χ1v) is 15.9. The van der Waals surface area contributed by atoms with E-state index < -0.39 is 41.9 Å². The molecule has 1 aliphatic rings. The zero-order valence-corrected chi connectivity index (χ0v) is 27.3. The SMILES string of the molecule is CCOC(=O)N1CCN(C(=O)C(CCC(=O)O)NC(=O)c2cc3ccccc3nc2Oc2ccc(CN(CC)C(C)C(=O)O)cc2)CC1. The molecule has 48 heavy (non-hydrogen) atoms. The lowest BCUT2D eigenvalue weighted by Gasteiger charge is -2.36. The number of ether oxygens (including phenoxy) is 2. The Bertz CT molecular complexity index is 1620. The Balaban J connectivity index is 1.55. The quantitative estimate of drug-likeness (QED) is 0.230. The topological polar surface area (TPSA) is 179 Å². The molecule has 0 spiro atoms.